The van der Waals surface area contributed by atoms with E-state index in [2.05, 4.69) is 83.0 Å². The quantitative estimate of drug-likeness (QED) is 0.497. The molecule has 0 bridgehead atoms. The van der Waals surface area contributed by atoms with Crippen LogP contribution >= 0.6 is 0 Å². The molecule has 158 valence electrons. The molecule has 0 saturated heterocycles. The van der Waals surface area contributed by atoms with E-state index in [0.29, 0.717) is 6.54 Å². The van der Waals surface area contributed by atoms with E-state index < -0.39 is 0 Å². The van der Waals surface area contributed by atoms with Crippen molar-refractivity contribution >= 4 is 12.4 Å². The maximum atomic E-state index is 5.64. The molecule has 1 aromatic rings. The minimum atomic E-state index is -0.112. The highest BCUT2D eigenvalue weighted by molar-refractivity contribution is 5.84. The molecule has 0 saturated carbocycles. The zero-order valence-electron chi connectivity index (χ0n) is 19.2. The fourth-order valence-corrected chi connectivity index (χ4v) is 3.07. The number of nitrogens with two attached hydrogens (primary N) is 1. The van der Waals surface area contributed by atoms with Crippen molar-refractivity contribution in [3.05, 3.63) is 35.4 Å². The molecule has 28 heavy (non-hydrogen) atoms. The smallest absolute Gasteiger partial charge is 0.0564 e. The Morgan fingerprint density at radius 1 is 0.821 bits per heavy atom. The van der Waals surface area contributed by atoms with E-state index in [9.17, 15) is 0 Å². The summed E-state index contributed by atoms with van der Waals surface area (Å²) >= 11 is 0. The van der Waals surface area contributed by atoms with Gasteiger partial charge in [-0.2, -0.15) is 0 Å². The summed E-state index contributed by atoms with van der Waals surface area (Å²) in [5, 5.41) is 3.66. The molecule has 0 radical (unpaired) electrons. The first-order valence-corrected chi connectivity index (χ1v) is 10.6. The molecular weight excluding hydrogens is 344 g/mol. The van der Waals surface area contributed by atoms with Gasteiger partial charge in [0.1, 0.15) is 0 Å². The SMILES string of the molecule is CCCC(C)(C)NCCC(C)(C)/N=C/c1ccc(/C=N/C(C)(C)CCN)cc1. The van der Waals surface area contributed by atoms with Gasteiger partial charge in [0.05, 0.1) is 11.1 Å². The fraction of sp³-hybridized carbons (Fsp3) is 0.667. The van der Waals surface area contributed by atoms with Crippen LogP contribution in [0.5, 0.6) is 0 Å². The van der Waals surface area contributed by atoms with Gasteiger partial charge in [-0.3, -0.25) is 9.98 Å². The van der Waals surface area contributed by atoms with Gasteiger partial charge < -0.3 is 11.1 Å². The van der Waals surface area contributed by atoms with Gasteiger partial charge in [0.25, 0.3) is 0 Å². The second kappa shape index (κ2) is 10.9. The molecule has 4 heteroatoms. The predicted octanol–water partition coefficient (Wildman–Crippen LogP) is 4.99. The van der Waals surface area contributed by atoms with Crippen molar-refractivity contribution in [3.63, 3.8) is 0 Å². The van der Waals surface area contributed by atoms with Crippen molar-refractivity contribution in [2.75, 3.05) is 13.1 Å². The molecule has 0 unspecified atom stereocenters. The molecule has 0 aliphatic rings. The van der Waals surface area contributed by atoms with E-state index >= 15 is 0 Å². The summed E-state index contributed by atoms with van der Waals surface area (Å²) in [5.41, 5.74) is 7.87. The molecule has 4 nitrogen and oxygen atoms in total. The predicted molar refractivity (Wildman–Crippen MR) is 125 cm³/mol. The third-order valence-corrected chi connectivity index (χ3v) is 5.03. The molecule has 0 aliphatic heterocycles. The topological polar surface area (TPSA) is 62.8 Å². The Hall–Kier alpha value is -1.52. The maximum Gasteiger partial charge on any atom is 0.0564 e. The Bertz CT molecular complexity index is 625. The molecule has 0 heterocycles. The van der Waals surface area contributed by atoms with Crippen molar-refractivity contribution < 1.29 is 0 Å². The molecule has 0 fully saturated rings. The number of benzene rings is 1. The highest BCUT2D eigenvalue weighted by Gasteiger charge is 2.19. The van der Waals surface area contributed by atoms with Crippen molar-refractivity contribution in [2.45, 2.75) is 90.8 Å². The summed E-state index contributed by atoms with van der Waals surface area (Å²) in [4.78, 5) is 9.47. The highest BCUT2D eigenvalue weighted by Crippen LogP contribution is 2.17. The number of hydrogen-bond acceptors (Lipinski definition) is 4. The van der Waals surface area contributed by atoms with Crippen LogP contribution in [0.4, 0.5) is 0 Å². The van der Waals surface area contributed by atoms with Gasteiger partial charge in [0.15, 0.2) is 0 Å². The van der Waals surface area contributed by atoms with Crippen molar-refractivity contribution in [2.24, 2.45) is 15.7 Å². The first kappa shape index (κ1) is 24.5. The first-order valence-electron chi connectivity index (χ1n) is 10.6. The van der Waals surface area contributed by atoms with Crippen molar-refractivity contribution in [1.82, 2.24) is 5.32 Å². The fourth-order valence-electron chi connectivity index (χ4n) is 3.07. The Labute approximate surface area is 173 Å². The van der Waals surface area contributed by atoms with E-state index in [-0.39, 0.29) is 16.6 Å². The second-order valence-electron chi connectivity index (χ2n) is 9.66. The van der Waals surface area contributed by atoms with Crippen LogP contribution in [-0.4, -0.2) is 42.1 Å². The van der Waals surface area contributed by atoms with Gasteiger partial charge in [-0.15, -0.1) is 0 Å². The molecule has 0 aromatic heterocycles. The normalized spacial score (nSPS) is 13.7. The van der Waals surface area contributed by atoms with Crippen LogP contribution in [0.15, 0.2) is 34.3 Å². The molecule has 3 N–H and O–H groups in total. The Morgan fingerprint density at radius 2 is 1.29 bits per heavy atom. The number of nitrogens with one attached hydrogen (secondary N) is 1. The first-order chi connectivity index (χ1) is 13.0. The van der Waals surface area contributed by atoms with Crippen LogP contribution in [0.3, 0.4) is 0 Å². The molecule has 0 atom stereocenters. The zero-order chi connectivity index (χ0) is 21.3. The lowest BCUT2D eigenvalue weighted by atomic mass is 9.96. The largest absolute Gasteiger partial charge is 0.330 e. The summed E-state index contributed by atoms with van der Waals surface area (Å²) in [6.07, 6.45) is 8.20. The van der Waals surface area contributed by atoms with Crippen LogP contribution in [0.25, 0.3) is 0 Å². The molecule has 0 amide bonds. The van der Waals surface area contributed by atoms with Gasteiger partial charge >= 0.3 is 0 Å². The van der Waals surface area contributed by atoms with Gasteiger partial charge in [0.2, 0.25) is 0 Å². The second-order valence-corrected chi connectivity index (χ2v) is 9.66. The standard InChI is InChI=1S/C24H42N4/c1-8-13-22(2,3)26-17-15-24(6,7)28-19-21-11-9-20(10-12-21)18-27-23(4,5)14-16-25/h9-12,18-19,26H,8,13-17,25H2,1-7H3/b27-18+,28-19+. The minimum Gasteiger partial charge on any atom is -0.330 e. The molecule has 0 aliphatic carbocycles. The minimum absolute atomic E-state index is 0.0817. The van der Waals surface area contributed by atoms with Gasteiger partial charge in [-0.05, 0) is 85.0 Å². The average molecular weight is 387 g/mol. The third kappa shape index (κ3) is 10.1. The average Bonchev–Trinajstić information content (AvgIpc) is 2.59. The summed E-state index contributed by atoms with van der Waals surface area (Å²) in [6, 6.07) is 8.37. The lowest BCUT2D eigenvalue weighted by Crippen LogP contribution is -2.41. The van der Waals surface area contributed by atoms with Gasteiger partial charge in [-0.1, -0.05) is 37.6 Å². The molecule has 1 rings (SSSR count). The molecule has 1 aromatic carbocycles. The highest BCUT2D eigenvalue weighted by atomic mass is 15.0. The van der Waals surface area contributed by atoms with E-state index in [1.165, 1.54) is 12.8 Å². The van der Waals surface area contributed by atoms with Crippen LogP contribution in [0, 0.1) is 0 Å². The number of rotatable bonds is 12. The lowest BCUT2D eigenvalue weighted by Gasteiger charge is -2.28. The van der Waals surface area contributed by atoms with Crippen molar-refractivity contribution in [1.29, 1.82) is 0 Å². The summed E-state index contributed by atoms with van der Waals surface area (Å²) in [7, 11) is 0. The van der Waals surface area contributed by atoms with Crippen LogP contribution in [0.2, 0.25) is 0 Å². The van der Waals surface area contributed by atoms with E-state index in [4.69, 9.17) is 10.7 Å². The number of nitrogens with zero attached hydrogens (tertiary/aromatic N) is 2. The van der Waals surface area contributed by atoms with E-state index in [0.717, 1.165) is 30.5 Å². The molecule has 0 spiro atoms. The van der Waals surface area contributed by atoms with E-state index in [1.807, 2.05) is 12.4 Å². The monoisotopic (exact) mass is 386 g/mol. The lowest BCUT2D eigenvalue weighted by molar-refractivity contribution is 0.336. The van der Waals surface area contributed by atoms with Crippen LogP contribution in [-0.2, 0) is 0 Å². The Kier molecular flexibility index (Phi) is 9.52. The summed E-state index contributed by atoms with van der Waals surface area (Å²) < 4.78 is 0. The third-order valence-electron chi connectivity index (χ3n) is 5.03. The van der Waals surface area contributed by atoms with Gasteiger partial charge in [-0.25, -0.2) is 0 Å². The number of aliphatic imine (C=N–C) groups is 2. The Morgan fingerprint density at radius 3 is 1.71 bits per heavy atom. The summed E-state index contributed by atoms with van der Waals surface area (Å²) in [5.74, 6) is 0. The Balaban J connectivity index is 2.60. The van der Waals surface area contributed by atoms with E-state index in [1.54, 1.807) is 0 Å². The molecular formula is C24H42N4. The zero-order valence-corrected chi connectivity index (χ0v) is 19.2. The van der Waals surface area contributed by atoms with Gasteiger partial charge in [0, 0.05) is 18.0 Å². The van der Waals surface area contributed by atoms with Crippen LogP contribution in [0.1, 0.15) is 85.3 Å². The van der Waals surface area contributed by atoms with Crippen molar-refractivity contribution in [3.8, 4) is 0 Å². The number of hydrogen-bond donors (Lipinski definition) is 2. The van der Waals surface area contributed by atoms with Crippen LogP contribution < -0.4 is 11.1 Å². The summed E-state index contributed by atoms with van der Waals surface area (Å²) in [6.45, 7) is 17.0. The maximum absolute atomic E-state index is 5.64.